The number of nitrogens with zero attached hydrogens (tertiary/aromatic N) is 3. The minimum absolute atomic E-state index is 0.0202. The second-order valence-electron chi connectivity index (χ2n) is 11.5. The van der Waals surface area contributed by atoms with Gasteiger partial charge in [-0.15, -0.1) is 0 Å². The summed E-state index contributed by atoms with van der Waals surface area (Å²) in [6.07, 6.45) is 7.17. The van der Waals surface area contributed by atoms with Crippen molar-refractivity contribution >= 4 is 57.7 Å². The van der Waals surface area contributed by atoms with E-state index in [0.717, 1.165) is 63.3 Å². The zero-order valence-electron chi connectivity index (χ0n) is 25.5. The maximum absolute atomic E-state index is 13.7. The largest absolute Gasteiger partial charge is 0.483 e. The molecule has 4 aromatic carbocycles. The maximum atomic E-state index is 13.7. The third-order valence-corrected chi connectivity index (χ3v) is 9.66. The Hall–Kier alpha value is -4.38. The number of benzene rings is 4. The van der Waals surface area contributed by atoms with Crippen molar-refractivity contribution in [3.05, 3.63) is 108 Å². The van der Waals surface area contributed by atoms with Crippen molar-refractivity contribution in [1.29, 1.82) is 0 Å². The first-order valence-electron chi connectivity index (χ1n) is 15.5. The van der Waals surface area contributed by atoms with Crippen LogP contribution in [0.25, 0.3) is 21.8 Å². The lowest BCUT2D eigenvalue weighted by Crippen LogP contribution is -2.08. The predicted molar refractivity (Wildman–Crippen MR) is 184 cm³/mol. The molecule has 5 nitrogen and oxygen atoms in total. The van der Waals surface area contributed by atoms with Gasteiger partial charge < -0.3 is 4.57 Å². The van der Waals surface area contributed by atoms with Crippen molar-refractivity contribution in [1.82, 2.24) is 9.24 Å². The van der Waals surface area contributed by atoms with Crippen LogP contribution < -0.4 is 4.67 Å². The van der Waals surface area contributed by atoms with E-state index in [1.54, 1.807) is 18.7 Å². The van der Waals surface area contributed by atoms with E-state index in [4.69, 9.17) is 4.84 Å². The van der Waals surface area contributed by atoms with Crippen LogP contribution in [0.2, 0.25) is 0 Å². The maximum Gasteiger partial charge on any atom is 0.483 e. The van der Waals surface area contributed by atoms with E-state index >= 15 is 0 Å². The van der Waals surface area contributed by atoms with Gasteiger partial charge in [-0.05, 0) is 92.4 Å². The van der Waals surface area contributed by atoms with Gasteiger partial charge in [0.25, 0.3) is 6.72 Å². The first-order chi connectivity index (χ1) is 21.5. The normalized spacial score (nSPS) is 13.8. The number of aryl methyl sites for hydroxylation is 1. The van der Waals surface area contributed by atoms with Crippen molar-refractivity contribution < 1.29 is 9.63 Å². The molecule has 0 saturated heterocycles. The van der Waals surface area contributed by atoms with Crippen LogP contribution in [-0.2, 0) is 11.4 Å². The van der Waals surface area contributed by atoms with Crippen molar-refractivity contribution in [2.75, 3.05) is 0 Å². The highest BCUT2D eigenvalue weighted by Crippen LogP contribution is 2.34. The molecule has 0 amide bonds. The zero-order chi connectivity index (χ0) is 30.5. The number of carbonyl (C=O) groups excluding carboxylic acids is 1. The Morgan fingerprint density at radius 1 is 0.886 bits per heavy atom. The lowest BCUT2D eigenvalue weighted by atomic mass is 9.96. The Kier molecular flexibility index (Phi) is 9.11. The first-order valence-corrected chi connectivity index (χ1v) is 16.3. The van der Waals surface area contributed by atoms with E-state index in [1.807, 2.05) is 54.6 Å². The van der Waals surface area contributed by atoms with Crippen molar-refractivity contribution in [2.45, 2.75) is 68.7 Å². The number of ketones is 1. The quantitative estimate of drug-likeness (QED) is 0.0528. The molecule has 0 aliphatic heterocycles. The van der Waals surface area contributed by atoms with Gasteiger partial charge in [-0.2, -0.15) is 0 Å². The van der Waals surface area contributed by atoms with Crippen LogP contribution in [-0.4, -0.2) is 28.7 Å². The molecule has 5 aromatic rings. The molecule has 1 aliphatic carbocycles. The summed E-state index contributed by atoms with van der Waals surface area (Å²) in [6.45, 7) is 8.31. The van der Waals surface area contributed by atoms with Gasteiger partial charge in [-0.1, -0.05) is 71.5 Å². The van der Waals surface area contributed by atoms with Gasteiger partial charge in [-0.3, -0.25) is 9.63 Å². The highest BCUT2D eigenvalue weighted by Gasteiger charge is 2.19. The fraction of sp³-hybridized carbons (Fsp3) is 0.263. The summed E-state index contributed by atoms with van der Waals surface area (Å²) in [6, 6.07) is 30.8. The Morgan fingerprint density at radius 2 is 1.50 bits per heavy atom. The summed E-state index contributed by atoms with van der Waals surface area (Å²) < 4.78 is 6.18. The summed E-state index contributed by atoms with van der Waals surface area (Å²) in [4.78, 5) is 21.6. The summed E-state index contributed by atoms with van der Waals surface area (Å²) in [5, 5.41) is 6.72. The van der Waals surface area contributed by atoms with Crippen LogP contribution in [0.5, 0.6) is 0 Å². The summed E-state index contributed by atoms with van der Waals surface area (Å²) in [7, 11) is 0. The monoisotopic (exact) mass is 600 g/mol. The summed E-state index contributed by atoms with van der Waals surface area (Å²) in [5.74, 6) is 1.20. The molecule has 0 N–H and O–H groups in total. The van der Waals surface area contributed by atoms with E-state index < -0.39 is 0 Å². The number of oxime groups is 1. The molecule has 222 valence electrons. The van der Waals surface area contributed by atoms with Gasteiger partial charge in [0.05, 0.1) is 12.6 Å². The fourth-order valence-corrected chi connectivity index (χ4v) is 7.10. The van der Waals surface area contributed by atoms with Crippen LogP contribution in [0.4, 0.5) is 0 Å². The van der Waals surface area contributed by atoms with E-state index in [2.05, 4.69) is 64.4 Å². The highest BCUT2D eigenvalue weighted by molar-refractivity contribution is 7.99. The van der Waals surface area contributed by atoms with Gasteiger partial charge in [0.15, 0.2) is 5.78 Å². The molecule has 1 saturated carbocycles. The van der Waals surface area contributed by atoms with E-state index in [9.17, 15) is 4.79 Å². The molecule has 0 bridgehead atoms. The van der Waals surface area contributed by atoms with Crippen LogP contribution >= 0.6 is 11.8 Å². The van der Waals surface area contributed by atoms with Crippen LogP contribution in [0, 0.1) is 5.92 Å². The zero-order valence-corrected chi connectivity index (χ0v) is 26.3. The number of hydrogen-bond acceptors (Lipinski definition) is 4. The molecule has 0 radical (unpaired) electrons. The minimum atomic E-state index is 0.0202. The molecule has 6 rings (SSSR count). The lowest BCUT2D eigenvalue weighted by molar-refractivity contribution is 0.103. The second-order valence-corrected chi connectivity index (χ2v) is 12.6. The first kappa shape index (κ1) is 29.7. The van der Waals surface area contributed by atoms with Crippen LogP contribution in [0.15, 0.2) is 106 Å². The smallest absolute Gasteiger partial charge is 0.341 e. The van der Waals surface area contributed by atoms with Gasteiger partial charge in [0.2, 0.25) is 0 Å². The molecule has 1 aliphatic rings. The molecule has 1 fully saturated rings. The van der Waals surface area contributed by atoms with Gasteiger partial charge in [0, 0.05) is 54.8 Å². The lowest BCUT2D eigenvalue weighted by Gasteiger charge is -2.11. The third-order valence-electron chi connectivity index (χ3n) is 8.65. The molecular formula is C38H38N3O2S+. The summed E-state index contributed by atoms with van der Waals surface area (Å²) >= 11 is 1.69. The Labute approximate surface area is 263 Å². The average Bonchev–Trinajstić information content (AvgIpc) is 3.70. The highest BCUT2D eigenvalue weighted by atomic mass is 32.2. The topological polar surface area (TPSA) is 57.7 Å². The SMILES string of the molecule is C=[N+]=C(C)O/N=C(\CCC1CCCC1)c1ccc2c(c1)c1cc(C(=O)c3ccc(Sc4ccccc4)cc3)ccc1n2CC. The van der Waals surface area contributed by atoms with Crippen LogP contribution in [0.1, 0.15) is 73.9 Å². The van der Waals surface area contributed by atoms with Gasteiger partial charge >= 0.3 is 5.90 Å². The fourth-order valence-electron chi connectivity index (χ4n) is 6.26. The third kappa shape index (κ3) is 6.42. The number of fused-ring (bicyclic) bond motifs is 3. The molecule has 1 aromatic heterocycles. The van der Waals surface area contributed by atoms with Crippen molar-refractivity contribution in [3.8, 4) is 0 Å². The van der Waals surface area contributed by atoms with E-state index in [1.165, 1.54) is 30.6 Å². The number of aromatic nitrogens is 1. The van der Waals surface area contributed by atoms with E-state index in [-0.39, 0.29) is 5.78 Å². The van der Waals surface area contributed by atoms with Gasteiger partial charge in [-0.25, -0.2) is 0 Å². The minimum Gasteiger partial charge on any atom is -0.341 e. The van der Waals surface area contributed by atoms with Crippen LogP contribution in [0.3, 0.4) is 0 Å². The molecule has 0 spiro atoms. The van der Waals surface area contributed by atoms with Crippen molar-refractivity contribution in [2.24, 2.45) is 11.1 Å². The second kappa shape index (κ2) is 13.5. The standard InChI is InChI=1S/C38H38N3O2S/c1-4-41-36-22-17-29(35(40-43-26(2)39-3)21-14-27-10-8-9-11-27)24-33(36)34-25-30(18-23-37(34)41)38(42)28-15-19-32(20-16-28)44-31-12-6-5-7-13-31/h5-7,12-13,15-20,22-25,27H,3-4,8-11,14,21H2,1-2H3/q+1/b40-35+. The van der Waals surface area contributed by atoms with Crippen molar-refractivity contribution in [3.63, 3.8) is 0 Å². The summed E-state index contributed by atoms with van der Waals surface area (Å²) in [5.41, 5.74) is 5.58. The molecule has 1 heterocycles. The molecular weight excluding hydrogens is 563 g/mol. The van der Waals surface area contributed by atoms with E-state index in [0.29, 0.717) is 17.0 Å². The molecule has 44 heavy (non-hydrogen) atoms. The predicted octanol–water partition coefficient (Wildman–Crippen LogP) is 9.07. The Morgan fingerprint density at radius 3 is 2.16 bits per heavy atom. The average molecular weight is 601 g/mol. The molecule has 6 heteroatoms. The number of rotatable bonds is 10. The Balaban J connectivity index is 1.33. The Bertz CT molecular complexity index is 1880. The number of hydrogen-bond donors (Lipinski definition) is 0. The van der Waals surface area contributed by atoms with Gasteiger partial charge in [0.1, 0.15) is 0 Å². The molecule has 0 atom stereocenters. The molecule has 0 unspecified atom stereocenters. The number of carbonyl (C=O) groups is 1.